The fourth-order valence-electron chi connectivity index (χ4n) is 0.979. The van der Waals surface area contributed by atoms with Crippen LogP contribution in [0.15, 0.2) is 24.5 Å². The van der Waals surface area contributed by atoms with Gasteiger partial charge in [-0.05, 0) is 13.3 Å². The van der Waals surface area contributed by atoms with Gasteiger partial charge in [-0.25, -0.2) is 4.98 Å². The molecule has 0 spiro atoms. The van der Waals surface area contributed by atoms with Crippen molar-refractivity contribution in [2.45, 2.75) is 26.7 Å². The number of carbonyl (C=O) groups excluding carboxylic acids is 1. The predicted octanol–water partition coefficient (Wildman–Crippen LogP) is 2.32. The zero-order valence-corrected chi connectivity index (χ0v) is 8.58. The monoisotopic (exact) mass is 190 g/mol. The molecule has 0 aromatic carbocycles. The minimum Gasteiger partial charge on any atom is -0.292 e. The number of allylic oxidation sites excluding steroid dienone is 1. The van der Waals surface area contributed by atoms with Crippen molar-refractivity contribution in [2.75, 3.05) is 0 Å². The van der Waals surface area contributed by atoms with Gasteiger partial charge in [0.25, 0.3) is 0 Å². The zero-order valence-electron chi connectivity index (χ0n) is 8.58. The van der Waals surface area contributed by atoms with Crippen LogP contribution in [0.25, 0.3) is 0 Å². The molecule has 14 heavy (non-hydrogen) atoms. The van der Waals surface area contributed by atoms with E-state index in [2.05, 4.69) is 16.5 Å². The molecule has 1 aromatic heterocycles. The molecule has 0 amide bonds. The third kappa shape index (κ3) is 2.76. The van der Waals surface area contributed by atoms with Crippen molar-refractivity contribution in [3.63, 3.8) is 0 Å². The molecule has 0 aliphatic rings. The van der Waals surface area contributed by atoms with E-state index in [-0.39, 0.29) is 5.78 Å². The van der Waals surface area contributed by atoms with E-state index >= 15 is 0 Å². The molecule has 0 unspecified atom stereocenters. The number of aryl methyl sites for hydroxylation is 1. The number of hydrogen-bond acceptors (Lipinski definition) is 3. The van der Waals surface area contributed by atoms with Gasteiger partial charge in [0.2, 0.25) is 0 Å². The summed E-state index contributed by atoms with van der Waals surface area (Å²) in [5.74, 6) is -0.00986. The highest BCUT2D eigenvalue weighted by Crippen LogP contribution is 2.08. The zero-order chi connectivity index (χ0) is 10.6. The fourth-order valence-corrected chi connectivity index (χ4v) is 0.979. The lowest BCUT2D eigenvalue weighted by Gasteiger charge is -2.01. The topological polar surface area (TPSA) is 42.9 Å². The molecule has 0 fully saturated rings. The Morgan fingerprint density at radius 1 is 1.43 bits per heavy atom. The lowest BCUT2D eigenvalue weighted by molar-refractivity contribution is 0.0987. The average molecular weight is 190 g/mol. The first-order chi connectivity index (χ1) is 6.63. The Morgan fingerprint density at radius 2 is 2.14 bits per heavy atom. The number of rotatable bonds is 4. The van der Waals surface area contributed by atoms with E-state index in [1.807, 2.05) is 13.8 Å². The molecular weight excluding hydrogens is 176 g/mol. The van der Waals surface area contributed by atoms with Gasteiger partial charge in [-0.15, -0.1) is 0 Å². The number of aromatic nitrogens is 2. The van der Waals surface area contributed by atoms with Crippen LogP contribution >= 0.6 is 0 Å². The van der Waals surface area contributed by atoms with E-state index < -0.39 is 0 Å². The molecule has 0 saturated carbocycles. The molecule has 3 nitrogen and oxygen atoms in total. The van der Waals surface area contributed by atoms with Crippen LogP contribution in [0.5, 0.6) is 0 Å². The van der Waals surface area contributed by atoms with Gasteiger partial charge < -0.3 is 0 Å². The summed E-state index contributed by atoms with van der Waals surface area (Å²) in [5.41, 5.74) is 2.17. The molecule has 0 saturated heterocycles. The van der Waals surface area contributed by atoms with Gasteiger partial charge in [-0.1, -0.05) is 19.1 Å². The van der Waals surface area contributed by atoms with Crippen LogP contribution in [-0.4, -0.2) is 15.8 Å². The molecule has 74 valence electrons. The van der Waals surface area contributed by atoms with Crippen molar-refractivity contribution in [3.8, 4) is 0 Å². The van der Waals surface area contributed by atoms with Crippen molar-refractivity contribution in [1.29, 1.82) is 0 Å². The minimum absolute atomic E-state index is 0.00986. The van der Waals surface area contributed by atoms with Crippen LogP contribution in [0.3, 0.4) is 0 Å². The van der Waals surface area contributed by atoms with Crippen molar-refractivity contribution in [3.05, 3.63) is 35.9 Å². The number of hydrogen-bond donors (Lipinski definition) is 0. The fraction of sp³-hybridized carbons (Fsp3) is 0.364. The van der Waals surface area contributed by atoms with Crippen molar-refractivity contribution in [2.24, 2.45) is 0 Å². The first-order valence-corrected chi connectivity index (χ1v) is 4.62. The average Bonchev–Trinajstić information content (AvgIpc) is 2.18. The molecule has 0 aliphatic carbocycles. The highest BCUT2D eigenvalue weighted by atomic mass is 16.1. The van der Waals surface area contributed by atoms with E-state index in [4.69, 9.17) is 0 Å². The van der Waals surface area contributed by atoms with E-state index in [1.165, 1.54) is 6.20 Å². The Balaban J connectivity index is 2.70. The Hall–Kier alpha value is -1.51. The Kier molecular flexibility index (Phi) is 3.51. The van der Waals surface area contributed by atoms with Crippen LogP contribution < -0.4 is 0 Å². The maximum atomic E-state index is 11.6. The molecule has 0 radical (unpaired) electrons. The molecule has 0 N–H and O–H groups in total. The predicted molar refractivity (Wildman–Crippen MR) is 55.1 cm³/mol. The molecule has 1 aromatic rings. The van der Waals surface area contributed by atoms with Crippen LogP contribution in [0.2, 0.25) is 0 Å². The first kappa shape index (κ1) is 10.6. The second-order valence-corrected chi connectivity index (χ2v) is 3.25. The lowest BCUT2D eigenvalue weighted by atomic mass is 10.1. The highest BCUT2D eigenvalue weighted by molar-refractivity contribution is 5.95. The summed E-state index contributed by atoms with van der Waals surface area (Å²) >= 11 is 0. The van der Waals surface area contributed by atoms with Crippen LogP contribution in [-0.2, 0) is 0 Å². The van der Waals surface area contributed by atoms with Crippen molar-refractivity contribution in [1.82, 2.24) is 9.97 Å². The lowest BCUT2D eigenvalue weighted by Crippen LogP contribution is -2.04. The van der Waals surface area contributed by atoms with Gasteiger partial charge in [-0.2, -0.15) is 0 Å². The molecule has 1 rings (SSSR count). The maximum Gasteiger partial charge on any atom is 0.186 e. The molecule has 1 heterocycles. The normalized spacial score (nSPS) is 9.86. The van der Waals surface area contributed by atoms with Gasteiger partial charge in [-0.3, -0.25) is 9.78 Å². The van der Waals surface area contributed by atoms with Crippen LogP contribution in [0.1, 0.15) is 35.9 Å². The second kappa shape index (κ2) is 4.65. The van der Waals surface area contributed by atoms with Gasteiger partial charge in [0, 0.05) is 12.6 Å². The molecule has 0 aliphatic heterocycles. The van der Waals surface area contributed by atoms with Gasteiger partial charge in [0.1, 0.15) is 5.69 Å². The number of Topliss-reactive ketones (excluding diaryl/α,β-unsaturated/α-hetero) is 1. The van der Waals surface area contributed by atoms with Gasteiger partial charge in [0.15, 0.2) is 5.78 Å². The van der Waals surface area contributed by atoms with Crippen molar-refractivity contribution >= 4 is 5.78 Å². The summed E-state index contributed by atoms with van der Waals surface area (Å²) in [4.78, 5) is 19.6. The summed E-state index contributed by atoms with van der Waals surface area (Å²) in [6.07, 6.45) is 4.31. The summed E-state index contributed by atoms with van der Waals surface area (Å²) in [6.45, 7) is 7.61. The second-order valence-electron chi connectivity index (χ2n) is 3.25. The maximum absolute atomic E-state index is 11.6. The third-order valence-electron chi connectivity index (χ3n) is 1.98. The Morgan fingerprint density at radius 3 is 2.64 bits per heavy atom. The quantitative estimate of drug-likeness (QED) is 0.540. The minimum atomic E-state index is -0.00986. The Bertz CT molecular complexity index is 341. The molecular formula is C11H14N2O. The third-order valence-corrected chi connectivity index (χ3v) is 1.98. The first-order valence-electron chi connectivity index (χ1n) is 4.62. The number of nitrogens with zero attached hydrogens (tertiary/aromatic N) is 2. The summed E-state index contributed by atoms with van der Waals surface area (Å²) < 4.78 is 0. The van der Waals surface area contributed by atoms with Crippen LogP contribution in [0, 0.1) is 6.92 Å². The molecule has 0 atom stereocenters. The highest BCUT2D eigenvalue weighted by Gasteiger charge is 2.08. The number of carbonyl (C=O) groups is 1. The van der Waals surface area contributed by atoms with Gasteiger partial charge in [0.05, 0.1) is 11.9 Å². The smallest absolute Gasteiger partial charge is 0.186 e. The summed E-state index contributed by atoms with van der Waals surface area (Å²) in [5, 5.41) is 0. The Labute approximate surface area is 83.9 Å². The standard InChI is InChI=1S/C11H14N2O/c1-4-8(2)5-11(14)10-7-12-9(3)6-13-10/h6-7H,2,4-5H2,1,3H3. The van der Waals surface area contributed by atoms with E-state index in [9.17, 15) is 4.79 Å². The molecule has 0 bridgehead atoms. The summed E-state index contributed by atoms with van der Waals surface area (Å²) in [7, 11) is 0. The summed E-state index contributed by atoms with van der Waals surface area (Å²) in [6, 6.07) is 0. The van der Waals surface area contributed by atoms with E-state index in [0.717, 1.165) is 17.7 Å². The molecule has 3 heteroatoms. The van der Waals surface area contributed by atoms with Crippen LogP contribution in [0.4, 0.5) is 0 Å². The van der Waals surface area contributed by atoms with Crippen molar-refractivity contribution < 1.29 is 4.79 Å². The number of ketones is 1. The SMILES string of the molecule is C=C(CC)CC(=O)c1cnc(C)cn1. The largest absolute Gasteiger partial charge is 0.292 e. The van der Waals surface area contributed by atoms with E-state index in [1.54, 1.807) is 6.20 Å². The van der Waals surface area contributed by atoms with E-state index in [0.29, 0.717) is 12.1 Å². The van der Waals surface area contributed by atoms with Gasteiger partial charge >= 0.3 is 0 Å².